The molecule has 20 heavy (non-hydrogen) atoms. The van der Waals surface area contributed by atoms with Crippen molar-refractivity contribution in [3.63, 3.8) is 0 Å². The van der Waals surface area contributed by atoms with E-state index in [9.17, 15) is 13.2 Å². The number of halogens is 1. The zero-order chi connectivity index (χ0) is 15.7. The third-order valence-corrected chi connectivity index (χ3v) is 4.71. The lowest BCUT2D eigenvalue weighted by Gasteiger charge is -2.22. The Hall–Kier alpha value is -1.22. The van der Waals surface area contributed by atoms with Gasteiger partial charge in [-0.3, -0.25) is 4.79 Å². The lowest BCUT2D eigenvalue weighted by molar-refractivity contribution is -0.122. The van der Waals surface area contributed by atoms with E-state index in [1.165, 1.54) is 32.0 Å². The maximum Gasteiger partial charge on any atom is 0.241 e. The Bertz CT molecular complexity index is 671. The lowest BCUT2D eigenvalue weighted by Crippen LogP contribution is -2.52. The lowest BCUT2D eigenvalue weighted by atomic mass is 10.1. The second-order valence-corrected chi connectivity index (χ2v) is 7.13. The summed E-state index contributed by atoms with van der Waals surface area (Å²) in [5, 5.41) is 0.109. The number of rotatable bonds is 5. The van der Waals surface area contributed by atoms with Gasteiger partial charge in [-0.1, -0.05) is 23.8 Å². The number of nitrogens with two attached hydrogens (primary N) is 2. The average Bonchev–Trinajstić information content (AvgIpc) is 2.26. The van der Waals surface area contributed by atoms with E-state index in [1.807, 2.05) is 0 Å². The second-order valence-electron chi connectivity index (χ2n) is 4.60. The van der Waals surface area contributed by atoms with Crippen LogP contribution in [0, 0.1) is 0 Å². The molecule has 0 spiro atoms. The molecule has 0 aliphatic carbocycles. The first-order valence-electron chi connectivity index (χ1n) is 5.40. The number of benzene rings is 1. The van der Waals surface area contributed by atoms with Crippen LogP contribution in [0.5, 0.6) is 0 Å². The molecule has 5 N–H and O–H groups in total. The van der Waals surface area contributed by atoms with E-state index < -0.39 is 21.5 Å². The normalized spacial score (nSPS) is 12.2. The van der Waals surface area contributed by atoms with Gasteiger partial charge in [0, 0.05) is 5.56 Å². The fourth-order valence-corrected chi connectivity index (χ4v) is 3.30. The summed E-state index contributed by atoms with van der Waals surface area (Å²) >= 11 is 10.7. The number of amides is 1. The quantitative estimate of drug-likeness (QED) is 0.678. The minimum absolute atomic E-state index is 0.0596. The Labute approximate surface area is 127 Å². The van der Waals surface area contributed by atoms with Gasteiger partial charge in [-0.05, 0) is 32.0 Å². The molecule has 1 rings (SSSR count). The summed E-state index contributed by atoms with van der Waals surface area (Å²) in [5.41, 5.74) is 9.51. The van der Waals surface area contributed by atoms with Gasteiger partial charge in [0.05, 0.1) is 9.92 Å². The fourth-order valence-electron chi connectivity index (χ4n) is 1.31. The third kappa shape index (κ3) is 3.66. The van der Waals surface area contributed by atoms with Crippen molar-refractivity contribution in [3.8, 4) is 0 Å². The molecule has 0 saturated heterocycles. The number of primary amides is 1. The second kappa shape index (κ2) is 5.65. The van der Waals surface area contributed by atoms with Crippen LogP contribution in [0.2, 0.25) is 5.02 Å². The summed E-state index contributed by atoms with van der Waals surface area (Å²) in [6, 6.07) is 3.89. The van der Waals surface area contributed by atoms with E-state index in [0.717, 1.165) is 0 Å². The highest BCUT2D eigenvalue weighted by molar-refractivity contribution is 7.89. The van der Waals surface area contributed by atoms with E-state index in [1.54, 1.807) is 0 Å². The molecule has 0 atom stereocenters. The number of carbonyl (C=O) groups excluding carboxylic acids is 1. The average molecular weight is 336 g/mol. The van der Waals surface area contributed by atoms with Crippen LogP contribution >= 0.6 is 23.8 Å². The van der Waals surface area contributed by atoms with Gasteiger partial charge >= 0.3 is 0 Å². The summed E-state index contributed by atoms with van der Waals surface area (Å²) in [7, 11) is -3.95. The van der Waals surface area contributed by atoms with E-state index in [-0.39, 0.29) is 14.9 Å². The molecule has 0 aliphatic heterocycles. The monoisotopic (exact) mass is 335 g/mol. The fraction of sp³-hybridized carbons (Fsp3) is 0.273. The van der Waals surface area contributed by atoms with Gasteiger partial charge in [0.2, 0.25) is 15.9 Å². The Morgan fingerprint density at radius 3 is 2.30 bits per heavy atom. The van der Waals surface area contributed by atoms with Crippen LogP contribution in [0.3, 0.4) is 0 Å². The maximum absolute atomic E-state index is 12.1. The van der Waals surface area contributed by atoms with Crippen LogP contribution in [-0.4, -0.2) is 24.9 Å². The van der Waals surface area contributed by atoms with Gasteiger partial charge in [-0.15, -0.1) is 0 Å². The zero-order valence-electron chi connectivity index (χ0n) is 10.8. The van der Waals surface area contributed by atoms with Gasteiger partial charge in [-0.2, -0.15) is 4.72 Å². The molecule has 0 heterocycles. The first-order valence-corrected chi connectivity index (χ1v) is 7.67. The van der Waals surface area contributed by atoms with E-state index in [2.05, 4.69) is 4.72 Å². The molecule has 1 amide bonds. The third-order valence-electron chi connectivity index (χ3n) is 2.52. The molecular weight excluding hydrogens is 322 g/mol. The summed E-state index contributed by atoms with van der Waals surface area (Å²) < 4.78 is 26.5. The van der Waals surface area contributed by atoms with Gasteiger partial charge in [-0.25, -0.2) is 8.42 Å². The number of nitrogens with one attached hydrogen (secondary N) is 1. The Morgan fingerprint density at radius 2 is 1.90 bits per heavy atom. The molecule has 0 aliphatic rings. The standard InChI is InChI=1S/C11H14ClN3O3S2/c1-11(2,10(14)16)15-20(17,18)6-3-4-7(9(13)19)8(12)5-6/h3-5,15H,1-2H3,(H2,13,19)(H2,14,16). The van der Waals surface area contributed by atoms with Crippen molar-refractivity contribution in [1.82, 2.24) is 4.72 Å². The Kier molecular flexibility index (Phi) is 4.75. The van der Waals surface area contributed by atoms with Crippen LogP contribution in [0.25, 0.3) is 0 Å². The van der Waals surface area contributed by atoms with E-state index in [4.69, 9.17) is 35.3 Å². The van der Waals surface area contributed by atoms with Crippen molar-refractivity contribution in [2.45, 2.75) is 24.3 Å². The molecule has 1 aromatic rings. The molecule has 6 nitrogen and oxygen atoms in total. The molecule has 0 saturated carbocycles. The van der Waals surface area contributed by atoms with Gasteiger partial charge < -0.3 is 11.5 Å². The smallest absolute Gasteiger partial charge is 0.241 e. The van der Waals surface area contributed by atoms with Crippen LogP contribution in [0.1, 0.15) is 19.4 Å². The molecule has 1 aromatic carbocycles. The minimum Gasteiger partial charge on any atom is -0.389 e. The first kappa shape index (κ1) is 16.8. The predicted octanol–water partition coefficient (Wildman–Crippen LogP) is 0.516. The van der Waals surface area contributed by atoms with E-state index >= 15 is 0 Å². The SMILES string of the molecule is CC(C)(NS(=O)(=O)c1ccc(C(N)=S)c(Cl)c1)C(N)=O. The molecule has 0 bridgehead atoms. The molecule has 9 heteroatoms. The molecular formula is C11H14ClN3O3S2. The predicted molar refractivity (Wildman–Crippen MR) is 80.9 cm³/mol. The summed E-state index contributed by atoms with van der Waals surface area (Å²) in [5.74, 6) is -0.799. The van der Waals surface area contributed by atoms with Crippen molar-refractivity contribution in [2.24, 2.45) is 11.5 Å². The largest absolute Gasteiger partial charge is 0.389 e. The molecule has 0 radical (unpaired) electrons. The van der Waals surface area contributed by atoms with Crippen molar-refractivity contribution in [1.29, 1.82) is 0 Å². The van der Waals surface area contributed by atoms with Crippen molar-refractivity contribution < 1.29 is 13.2 Å². The van der Waals surface area contributed by atoms with Crippen LogP contribution in [0.4, 0.5) is 0 Å². The number of sulfonamides is 1. The topological polar surface area (TPSA) is 115 Å². The van der Waals surface area contributed by atoms with Crippen molar-refractivity contribution in [3.05, 3.63) is 28.8 Å². The number of hydrogen-bond donors (Lipinski definition) is 3. The highest BCUT2D eigenvalue weighted by Crippen LogP contribution is 2.21. The number of hydrogen-bond acceptors (Lipinski definition) is 4. The summed E-state index contributed by atoms with van der Waals surface area (Å²) in [4.78, 5) is 11.1. The van der Waals surface area contributed by atoms with Crippen LogP contribution < -0.4 is 16.2 Å². The molecule has 110 valence electrons. The highest BCUT2D eigenvalue weighted by atomic mass is 35.5. The Balaban J connectivity index is 3.21. The summed E-state index contributed by atoms with van der Waals surface area (Å²) in [6.07, 6.45) is 0. The number of thiocarbonyl (C=S) groups is 1. The van der Waals surface area contributed by atoms with Gasteiger partial charge in [0.25, 0.3) is 0 Å². The molecule has 0 fully saturated rings. The van der Waals surface area contributed by atoms with E-state index in [0.29, 0.717) is 5.56 Å². The molecule has 0 aromatic heterocycles. The highest BCUT2D eigenvalue weighted by Gasteiger charge is 2.31. The number of carbonyl (C=O) groups is 1. The van der Waals surface area contributed by atoms with Gasteiger partial charge in [0.1, 0.15) is 10.5 Å². The van der Waals surface area contributed by atoms with Crippen molar-refractivity contribution in [2.75, 3.05) is 0 Å². The summed E-state index contributed by atoms with van der Waals surface area (Å²) in [6.45, 7) is 2.72. The van der Waals surface area contributed by atoms with Crippen molar-refractivity contribution >= 4 is 44.7 Å². The maximum atomic E-state index is 12.1. The van der Waals surface area contributed by atoms with Gasteiger partial charge in [0.15, 0.2) is 0 Å². The molecule has 0 unspecified atom stereocenters. The first-order chi connectivity index (χ1) is 8.97. The minimum atomic E-state index is -3.95. The van der Waals surface area contributed by atoms with Crippen LogP contribution in [0.15, 0.2) is 23.1 Å². The van der Waals surface area contributed by atoms with Crippen LogP contribution in [-0.2, 0) is 14.8 Å². The zero-order valence-corrected chi connectivity index (χ0v) is 13.2. The Morgan fingerprint density at radius 1 is 1.35 bits per heavy atom.